The molecule has 0 aliphatic carbocycles. The Morgan fingerprint density at radius 2 is 1.97 bits per heavy atom. The van der Waals surface area contributed by atoms with Gasteiger partial charge in [-0.3, -0.25) is 10.1 Å². The van der Waals surface area contributed by atoms with Crippen LogP contribution in [0.4, 0.5) is 10.5 Å². The standard InChI is InChI=1S/C19H24N2O8/c1-5-28-16(22)9-7-12-6-8-15(21(26)27)13(10-12)11-14(17(23)24)20-18(25)29-19(2,3)4/h6-10,14H,5,11H2,1-4H3,(H,20,25)(H,23,24)/b9-7+/t14-/m0/s1. The molecule has 0 fully saturated rings. The van der Waals surface area contributed by atoms with Gasteiger partial charge in [-0.1, -0.05) is 0 Å². The lowest BCUT2D eigenvalue weighted by molar-refractivity contribution is -0.385. The van der Waals surface area contributed by atoms with Gasteiger partial charge in [-0.15, -0.1) is 0 Å². The molecule has 0 saturated heterocycles. The molecule has 0 unspecified atom stereocenters. The number of nitro benzene ring substituents is 1. The Hall–Kier alpha value is -3.43. The first kappa shape index (κ1) is 23.6. The van der Waals surface area contributed by atoms with Crippen molar-refractivity contribution in [3.63, 3.8) is 0 Å². The molecular formula is C19H24N2O8. The molecule has 0 aromatic heterocycles. The number of alkyl carbamates (subject to hydrolysis) is 1. The number of esters is 1. The van der Waals surface area contributed by atoms with Gasteiger partial charge in [0.2, 0.25) is 0 Å². The Bertz CT molecular complexity index is 811. The van der Waals surface area contributed by atoms with Crippen LogP contribution in [0.25, 0.3) is 6.08 Å². The highest BCUT2D eigenvalue weighted by molar-refractivity contribution is 5.87. The Morgan fingerprint density at radius 3 is 2.48 bits per heavy atom. The van der Waals surface area contributed by atoms with Gasteiger partial charge in [0.15, 0.2) is 0 Å². The molecule has 0 aliphatic rings. The van der Waals surface area contributed by atoms with Crippen molar-refractivity contribution in [2.24, 2.45) is 0 Å². The van der Waals surface area contributed by atoms with Crippen LogP contribution < -0.4 is 5.32 Å². The maximum Gasteiger partial charge on any atom is 0.408 e. The van der Waals surface area contributed by atoms with Gasteiger partial charge >= 0.3 is 18.0 Å². The molecule has 1 rings (SSSR count). The number of nitro groups is 1. The lowest BCUT2D eigenvalue weighted by Crippen LogP contribution is -2.44. The zero-order valence-electron chi connectivity index (χ0n) is 16.6. The second-order valence-corrected chi connectivity index (χ2v) is 6.97. The number of nitrogens with zero attached hydrogens (tertiary/aromatic N) is 1. The van der Waals surface area contributed by atoms with E-state index in [4.69, 9.17) is 9.47 Å². The Morgan fingerprint density at radius 1 is 1.31 bits per heavy atom. The summed E-state index contributed by atoms with van der Waals surface area (Å²) in [4.78, 5) is 45.5. The molecule has 0 bridgehead atoms. The molecule has 2 N–H and O–H groups in total. The summed E-state index contributed by atoms with van der Waals surface area (Å²) in [6.45, 7) is 6.70. The van der Waals surface area contributed by atoms with E-state index in [9.17, 15) is 29.6 Å². The first-order valence-corrected chi connectivity index (χ1v) is 8.77. The molecule has 0 saturated carbocycles. The van der Waals surface area contributed by atoms with E-state index in [0.29, 0.717) is 5.56 Å². The van der Waals surface area contributed by atoms with Crippen molar-refractivity contribution in [3.8, 4) is 0 Å². The van der Waals surface area contributed by atoms with Gasteiger partial charge in [-0.2, -0.15) is 0 Å². The third-order valence-electron chi connectivity index (χ3n) is 3.41. The molecule has 1 atom stereocenters. The maximum absolute atomic E-state index is 11.9. The third-order valence-corrected chi connectivity index (χ3v) is 3.41. The number of ether oxygens (including phenoxy) is 2. The normalized spacial score (nSPS) is 12.3. The van der Waals surface area contributed by atoms with Crippen molar-refractivity contribution in [1.82, 2.24) is 5.32 Å². The minimum Gasteiger partial charge on any atom is -0.480 e. The monoisotopic (exact) mass is 408 g/mol. The number of carbonyl (C=O) groups is 3. The van der Waals surface area contributed by atoms with Crippen molar-refractivity contribution in [2.75, 3.05) is 6.61 Å². The van der Waals surface area contributed by atoms with E-state index in [2.05, 4.69) is 5.32 Å². The number of aliphatic carboxylic acids is 1. The molecule has 10 nitrogen and oxygen atoms in total. The van der Waals surface area contributed by atoms with Crippen LogP contribution in [0.5, 0.6) is 0 Å². The molecule has 1 aromatic rings. The van der Waals surface area contributed by atoms with E-state index in [-0.39, 0.29) is 24.3 Å². The van der Waals surface area contributed by atoms with Crippen LogP contribution in [0.3, 0.4) is 0 Å². The number of hydrogen-bond acceptors (Lipinski definition) is 7. The molecule has 1 aromatic carbocycles. The summed E-state index contributed by atoms with van der Waals surface area (Å²) in [5.74, 6) is -1.96. The number of carboxylic acids is 1. The smallest absolute Gasteiger partial charge is 0.408 e. The zero-order chi connectivity index (χ0) is 22.2. The number of benzene rings is 1. The van der Waals surface area contributed by atoms with E-state index >= 15 is 0 Å². The molecule has 29 heavy (non-hydrogen) atoms. The Labute approximate surface area is 167 Å². The highest BCUT2D eigenvalue weighted by Crippen LogP contribution is 2.23. The molecule has 0 aliphatic heterocycles. The summed E-state index contributed by atoms with van der Waals surface area (Å²) in [5, 5.41) is 22.9. The summed E-state index contributed by atoms with van der Waals surface area (Å²) >= 11 is 0. The average molecular weight is 408 g/mol. The van der Waals surface area contributed by atoms with Crippen LogP contribution in [-0.4, -0.2) is 46.3 Å². The lowest BCUT2D eigenvalue weighted by atomic mass is 10.0. The highest BCUT2D eigenvalue weighted by Gasteiger charge is 2.27. The van der Waals surface area contributed by atoms with Crippen molar-refractivity contribution in [2.45, 2.75) is 45.8 Å². The second kappa shape index (κ2) is 10.2. The Kier molecular flexibility index (Phi) is 8.31. The third kappa shape index (κ3) is 8.41. The second-order valence-electron chi connectivity index (χ2n) is 6.97. The van der Waals surface area contributed by atoms with Crippen LogP contribution in [0.2, 0.25) is 0 Å². The van der Waals surface area contributed by atoms with Crippen LogP contribution in [0.1, 0.15) is 38.8 Å². The van der Waals surface area contributed by atoms with E-state index in [1.54, 1.807) is 27.7 Å². The summed E-state index contributed by atoms with van der Waals surface area (Å²) in [7, 11) is 0. The minimum atomic E-state index is -1.45. The summed E-state index contributed by atoms with van der Waals surface area (Å²) in [6, 6.07) is 2.54. The van der Waals surface area contributed by atoms with Crippen LogP contribution in [-0.2, 0) is 25.5 Å². The first-order valence-electron chi connectivity index (χ1n) is 8.77. The predicted octanol–water partition coefficient (Wildman–Crippen LogP) is 2.69. The van der Waals surface area contributed by atoms with Gasteiger partial charge in [0.25, 0.3) is 5.69 Å². The molecule has 0 spiro atoms. The summed E-state index contributed by atoms with van der Waals surface area (Å²) in [5.41, 5.74) is -0.642. The van der Waals surface area contributed by atoms with Crippen molar-refractivity contribution < 1.29 is 33.9 Å². The minimum absolute atomic E-state index is 0.0736. The number of carboxylic acid groups (broad SMARTS) is 1. The van der Waals surface area contributed by atoms with E-state index in [1.807, 2.05) is 0 Å². The molecular weight excluding hydrogens is 384 g/mol. The number of rotatable bonds is 8. The largest absolute Gasteiger partial charge is 0.480 e. The average Bonchev–Trinajstić information content (AvgIpc) is 2.57. The van der Waals surface area contributed by atoms with E-state index in [1.165, 1.54) is 24.3 Å². The molecule has 10 heteroatoms. The van der Waals surface area contributed by atoms with Crippen molar-refractivity contribution in [3.05, 3.63) is 45.5 Å². The van der Waals surface area contributed by atoms with Crippen molar-refractivity contribution in [1.29, 1.82) is 0 Å². The van der Waals surface area contributed by atoms with E-state index in [0.717, 1.165) is 6.08 Å². The zero-order valence-corrected chi connectivity index (χ0v) is 16.6. The quantitative estimate of drug-likeness (QED) is 0.289. The SMILES string of the molecule is CCOC(=O)/C=C/c1ccc([N+](=O)[O-])c(C[C@H](NC(=O)OC(C)(C)C)C(=O)O)c1. The first-order chi connectivity index (χ1) is 13.4. The number of nitrogens with one attached hydrogen (secondary N) is 1. The van der Waals surface area contributed by atoms with Crippen LogP contribution in [0.15, 0.2) is 24.3 Å². The Balaban J connectivity index is 3.12. The fraction of sp³-hybridized carbons (Fsp3) is 0.421. The summed E-state index contributed by atoms with van der Waals surface area (Å²) < 4.78 is 9.80. The van der Waals surface area contributed by atoms with Gasteiger partial charge in [0.1, 0.15) is 11.6 Å². The molecule has 158 valence electrons. The van der Waals surface area contributed by atoms with E-state index < -0.39 is 34.6 Å². The number of hydrogen-bond donors (Lipinski definition) is 2. The molecule has 0 radical (unpaired) electrons. The molecule has 1 amide bonds. The fourth-order valence-electron chi connectivity index (χ4n) is 2.28. The van der Waals surface area contributed by atoms with Gasteiger partial charge in [-0.05, 0) is 51.5 Å². The summed E-state index contributed by atoms with van der Waals surface area (Å²) in [6.07, 6.45) is 1.24. The predicted molar refractivity (Wildman–Crippen MR) is 103 cm³/mol. The molecule has 0 heterocycles. The number of amides is 1. The highest BCUT2D eigenvalue weighted by atomic mass is 16.6. The lowest BCUT2D eigenvalue weighted by Gasteiger charge is -2.22. The van der Waals surface area contributed by atoms with Gasteiger partial charge < -0.3 is 19.9 Å². The van der Waals surface area contributed by atoms with Gasteiger partial charge in [0, 0.05) is 24.1 Å². The van der Waals surface area contributed by atoms with Crippen LogP contribution in [0, 0.1) is 10.1 Å². The fourth-order valence-corrected chi connectivity index (χ4v) is 2.28. The van der Waals surface area contributed by atoms with Gasteiger partial charge in [-0.25, -0.2) is 14.4 Å². The van der Waals surface area contributed by atoms with Gasteiger partial charge in [0.05, 0.1) is 11.5 Å². The topological polar surface area (TPSA) is 145 Å². The number of carbonyl (C=O) groups excluding carboxylic acids is 2. The van der Waals surface area contributed by atoms with Crippen molar-refractivity contribution >= 4 is 29.8 Å². The van der Waals surface area contributed by atoms with Crippen LogP contribution >= 0.6 is 0 Å². The maximum atomic E-state index is 11.9.